The Morgan fingerprint density at radius 2 is 1.81 bits per heavy atom. The van der Waals surface area contributed by atoms with E-state index in [9.17, 15) is 17.9 Å². The Kier molecular flexibility index (Phi) is 8.14. The van der Waals surface area contributed by atoms with Gasteiger partial charge in [0, 0.05) is 30.4 Å². The van der Waals surface area contributed by atoms with Crippen molar-refractivity contribution in [2.75, 3.05) is 6.54 Å². The van der Waals surface area contributed by atoms with E-state index in [0.717, 1.165) is 32.6 Å². The Balaban J connectivity index is 1.45. The van der Waals surface area contributed by atoms with Crippen LogP contribution in [0.15, 0.2) is 79.0 Å². The van der Waals surface area contributed by atoms with Crippen LogP contribution < -0.4 is 4.74 Å². The minimum absolute atomic E-state index is 0.0360. The summed E-state index contributed by atoms with van der Waals surface area (Å²) in [5.41, 5.74) is 3.31. The number of imidazole rings is 1. The molecule has 0 radical (unpaired) electrons. The molecule has 1 atom stereocenters. The van der Waals surface area contributed by atoms with Crippen molar-refractivity contribution in [2.24, 2.45) is 0 Å². The molecule has 0 bridgehead atoms. The molecule has 4 aromatic rings. The molecule has 0 aliphatic heterocycles. The predicted octanol–water partition coefficient (Wildman–Crippen LogP) is 6.07. The van der Waals surface area contributed by atoms with Crippen LogP contribution in [0.3, 0.4) is 0 Å². The molecule has 4 rings (SSSR count). The number of carbonyl (C=O) groups excluding carboxylic acids is 1. The van der Waals surface area contributed by atoms with Gasteiger partial charge in [-0.05, 0) is 60.5 Å². The largest absolute Gasteiger partial charge is 0.429 e. The lowest BCUT2D eigenvalue weighted by Crippen LogP contribution is -2.36. The van der Waals surface area contributed by atoms with Crippen LogP contribution in [0.2, 0.25) is 5.02 Å². The molecule has 7 nitrogen and oxygen atoms in total. The van der Waals surface area contributed by atoms with Gasteiger partial charge in [0.25, 0.3) is 11.3 Å². The fraction of sp³-hybridized carbons (Fsp3) is 0.154. The van der Waals surface area contributed by atoms with Crippen LogP contribution in [0, 0.1) is 5.82 Å². The summed E-state index contributed by atoms with van der Waals surface area (Å²) in [6.45, 7) is 1.97. The van der Waals surface area contributed by atoms with E-state index in [1.807, 2.05) is 42.0 Å². The summed E-state index contributed by atoms with van der Waals surface area (Å²) in [5, 5.41) is 0.221. The highest BCUT2D eigenvalue weighted by molar-refractivity contribution is 7.77. The van der Waals surface area contributed by atoms with E-state index >= 15 is 0 Å². The molecule has 10 heteroatoms. The van der Waals surface area contributed by atoms with Gasteiger partial charge in [-0.15, -0.1) is 0 Å². The second-order valence-corrected chi connectivity index (χ2v) is 9.13. The molecule has 0 saturated carbocycles. The van der Waals surface area contributed by atoms with Crippen molar-refractivity contribution in [2.45, 2.75) is 19.8 Å². The molecule has 36 heavy (non-hydrogen) atoms. The van der Waals surface area contributed by atoms with Crippen molar-refractivity contribution in [3.05, 3.63) is 101 Å². The zero-order valence-electron chi connectivity index (χ0n) is 19.3. The first-order valence-electron chi connectivity index (χ1n) is 11.1. The van der Waals surface area contributed by atoms with Crippen molar-refractivity contribution in [3.63, 3.8) is 0 Å². The van der Waals surface area contributed by atoms with Gasteiger partial charge in [-0.1, -0.05) is 42.8 Å². The van der Waals surface area contributed by atoms with Crippen LogP contribution in [0.25, 0.3) is 16.9 Å². The summed E-state index contributed by atoms with van der Waals surface area (Å²) < 4.78 is 42.5. The number of rotatable bonds is 8. The Bertz CT molecular complexity index is 1380. The number of aromatic nitrogens is 2. The molecular formula is C26H23ClFN3O4S. The average Bonchev–Trinajstić information content (AvgIpc) is 3.31. The molecule has 0 aliphatic rings. The number of ether oxygens (including phenoxy) is 1. The maximum atomic E-state index is 13.3. The van der Waals surface area contributed by atoms with Gasteiger partial charge in [-0.2, -0.15) is 0 Å². The normalized spacial score (nSPS) is 11.8. The molecular weight excluding hydrogens is 505 g/mol. The second kappa shape index (κ2) is 11.5. The standard InChI is InChI=1S/C26H23ClFN3O4S/c1-2-25-29-23(19-9-11-20(28)12-10-19)17-30(25)21-13-7-18(8-14-21)15-16-31(36(33)34)26(32)35-24-6-4-3-5-22(24)27/h3-14,17H,2,15-16H2,1H3,(H,33,34). The minimum Gasteiger partial charge on any atom is -0.408 e. The van der Waals surface area contributed by atoms with E-state index in [4.69, 9.17) is 16.3 Å². The summed E-state index contributed by atoms with van der Waals surface area (Å²) in [5.74, 6) is 0.660. The van der Waals surface area contributed by atoms with E-state index < -0.39 is 17.4 Å². The third-order valence-electron chi connectivity index (χ3n) is 5.48. The topological polar surface area (TPSA) is 84.7 Å². The van der Waals surface area contributed by atoms with Gasteiger partial charge < -0.3 is 9.30 Å². The maximum Gasteiger partial charge on any atom is 0.429 e. The van der Waals surface area contributed by atoms with E-state index in [2.05, 4.69) is 4.98 Å². The number of hydrogen-bond donors (Lipinski definition) is 1. The van der Waals surface area contributed by atoms with Crippen molar-refractivity contribution in [3.8, 4) is 22.7 Å². The molecule has 1 unspecified atom stereocenters. The molecule has 1 N–H and O–H groups in total. The maximum absolute atomic E-state index is 13.3. The minimum atomic E-state index is -2.56. The van der Waals surface area contributed by atoms with Crippen LogP contribution in [0.1, 0.15) is 18.3 Å². The molecule has 0 fully saturated rings. The number of nitrogens with zero attached hydrogens (tertiary/aromatic N) is 3. The molecule has 3 aromatic carbocycles. The van der Waals surface area contributed by atoms with Gasteiger partial charge in [0.1, 0.15) is 11.6 Å². The summed E-state index contributed by atoms with van der Waals surface area (Å²) in [6, 6.07) is 20.2. The summed E-state index contributed by atoms with van der Waals surface area (Å²) in [7, 11) is 0. The monoisotopic (exact) mass is 527 g/mol. The highest BCUT2D eigenvalue weighted by Gasteiger charge is 2.22. The molecule has 0 saturated heterocycles. The first-order valence-corrected chi connectivity index (χ1v) is 12.6. The number of para-hydroxylation sites is 1. The van der Waals surface area contributed by atoms with Gasteiger partial charge in [0.15, 0.2) is 5.75 Å². The molecule has 1 heterocycles. The predicted molar refractivity (Wildman–Crippen MR) is 137 cm³/mol. The fourth-order valence-electron chi connectivity index (χ4n) is 3.61. The van der Waals surface area contributed by atoms with Crippen LogP contribution in [0.4, 0.5) is 9.18 Å². The zero-order valence-corrected chi connectivity index (χ0v) is 20.9. The van der Waals surface area contributed by atoms with Crippen molar-refractivity contribution >= 4 is 29.0 Å². The summed E-state index contributed by atoms with van der Waals surface area (Å²) in [4.78, 5) is 17.1. The molecule has 0 aliphatic carbocycles. The van der Waals surface area contributed by atoms with E-state index in [1.165, 1.54) is 18.2 Å². The molecule has 1 aromatic heterocycles. The van der Waals surface area contributed by atoms with Crippen LogP contribution >= 0.6 is 11.6 Å². The zero-order chi connectivity index (χ0) is 25.7. The highest BCUT2D eigenvalue weighted by Crippen LogP contribution is 2.25. The van der Waals surface area contributed by atoms with Crippen molar-refractivity contribution in [1.82, 2.24) is 13.9 Å². The number of carbonyl (C=O) groups is 1. The Labute approximate surface area is 215 Å². The fourth-order valence-corrected chi connectivity index (χ4v) is 4.20. The van der Waals surface area contributed by atoms with Gasteiger partial charge in [-0.3, -0.25) is 4.55 Å². The third kappa shape index (κ3) is 5.99. The number of hydrogen-bond acceptors (Lipinski definition) is 4. The van der Waals surface area contributed by atoms with E-state index in [1.54, 1.807) is 30.3 Å². The molecule has 0 spiro atoms. The van der Waals surface area contributed by atoms with Gasteiger partial charge in [-0.25, -0.2) is 22.7 Å². The van der Waals surface area contributed by atoms with Gasteiger partial charge >= 0.3 is 6.09 Å². The first-order chi connectivity index (χ1) is 17.4. The number of amides is 1. The lowest BCUT2D eigenvalue weighted by Gasteiger charge is -2.18. The van der Waals surface area contributed by atoms with Crippen LogP contribution in [-0.2, 0) is 24.1 Å². The van der Waals surface area contributed by atoms with E-state index in [0.29, 0.717) is 12.8 Å². The van der Waals surface area contributed by atoms with Crippen molar-refractivity contribution < 1.29 is 22.7 Å². The molecule has 186 valence electrons. The molecule has 1 amide bonds. The second-order valence-electron chi connectivity index (χ2n) is 7.82. The lowest BCUT2D eigenvalue weighted by atomic mass is 10.1. The number of halogens is 2. The Morgan fingerprint density at radius 1 is 1.11 bits per heavy atom. The average molecular weight is 528 g/mol. The van der Waals surface area contributed by atoms with E-state index in [-0.39, 0.29) is 23.1 Å². The number of aryl methyl sites for hydroxylation is 1. The Hall–Kier alpha value is -3.53. The number of benzene rings is 3. The van der Waals surface area contributed by atoms with Crippen LogP contribution in [-0.4, -0.2) is 35.3 Å². The third-order valence-corrected chi connectivity index (χ3v) is 6.50. The quantitative estimate of drug-likeness (QED) is 0.281. The SMILES string of the molecule is CCc1nc(-c2ccc(F)cc2)cn1-c1ccc(CCN(C(=O)Oc2ccccc2Cl)S(=O)O)cc1. The van der Waals surface area contributed by atoms with Gasteiger partial charge in [0.2, 0.25) is 0 Å². The van der Waals surface area contributed by atoms with Gasteiger partial charge in [0.05, 0.1) is 10.7 Å². The smallest absolute Gasteiger partial charge is 0.408 e. The lowest BCUT2D eigenvalue weighted by molar-refractivity contribution is 0.178. The van der Waals surface area contributed by atoms with Crippen molar-refractivity contribution in [1.29, 1.82) is 0 Å². The summed E-state index contributed by atoms with van der Waals surface area (Å²) >= 11 is 3.44. The Morgan fingerprint density at radius 3 is 2.44 bits per heavy atom. The first kappa shape index (κ1) is 25.6. The van der Waals surface area contributed by atoms with Crippen LogP contribution in [0.5, 0.6) is 5.75 Å². The summed E-state index contributed by atoms with van der Waals surface area (Å²) in [6.07, 6.45) is 1.96. The highest BCUT2D eigenvalue weighted by atomic mass is 35.5.